The highest BCUT2D eigenvalue weighted by Crippen LogP contribution is 2.27. The Morgan fingerprint density at radius 1 is 1.17 bits per heavy atom. The Balaban J connectivity index is 1.66. The van der Waals surface area contributed by atoms with Crippen LogP contribution in [0.1, 0.15) is 12.8 Å². The number of rotatable bonds is 7. The van der Waals surface area contributed by atoms with Gasteiger partial charge in [-0.1, -0.05) is 23.2 Å². The van der Waals surface area contributed by atoms with E-state index in [0.29, 0.717) is 61.4 Å². The fourth-order valence-corrected chi connectivity index (χ4v) is 2.99. The molecule has 2 N–H and O–H groups in total. The Labute approximate surface area is 151 Å². The fourth-order valence-electron chi connectivity index (χ4n) is 2.53. The second-order valence-electron chi connectivity index (χ2n) is 5.65. The molecule has 132 valence electrons. The minimum atomic E-state index is -0.340. The monoisotopic (exact) mass is 373 g/mol. The molecule has 0 unspecified atom stereocenters. The highest BCUT2D eigenvalue weighted by molar-refractivity contribution is 6.35. The Morgan fingerprint density at radius 3 is 2.50 bits per heavy atom. The van der Waals surface area contributed by atoms with Crippen LogP contribution in [-0.2, 0) is 9.59 Å². The summed E-state index contributed by atoms with van der Waals surface area (Å²) < 4.78 is 5.57. The molecule has 6 nitrogen and oxygen atoms in total. The number of hydrogen-bond donors (Lipinski definition) is 1. The lowest BCUT2D eigenvalue weighted by molar-refractivity contribution is -0.133. The summed E-state index contributed by atoms with van der Waals surface area (Å²) >= 11 is 11.8. The van der Waals surface area contributed by atoms with E-state index in [9.17, 15) is 9.59 Å². The van der Waals surface area contributed by atoms with Crippen molar-refractivity contribution in [2.24, 2.45) is 5.73 Å². The largest absolute Gasteiger partial charge is 0.492 e. The molecule has 1 fully saturated rings. The van der Waals surface area contributed by atoms with Crippen molar-refractivity contribution < 1.29 is 14.3 Å². The highest BCUT2D eigenvalue weighted by atomic mass is 35.5. The number of benzene rings is 1. The first-order valence-corrected chi connectivity index (χ1v) is 8.57. The first-order chi connectivity index (χ1) is 11.5. The first-order valence-electron chi connectivity index (χ1n) is 7.82. The van der Waals surface area contributed by atoms with Gasteiger partial charge in [0.05, 0.1) is 18.2 Å². The van der Waals surface area contributed by atoms with E-state index in [1.807, 2.05) is 9.80 Å². The lowest BCUT2D eigenvalue weighted by Gasteiger charge is -2.34. The minimum absolute atomic E-state index is 0.0968. The van der Waals surface area contributed by atoms with E-state index in [-0.39, 0.29) is 18.4 Å². The van der Waals surface area contributed by atoms with Crippen molar-refractivity contribution in [2.75, 3.05) is 39.3 Å². The van der Waals surface area contributed by atoms with E-state index in [1.165, 1.54) is 0 Å². The molecule has 1 aromatic rings. The number of carbonyl (C=O) groups is 2. The first kappa shape index (κ1) is 18.8. The topological polar surface area (TPSA) is 75.9 Å². The zero-order chi connectivity index (χ0) is 17.5. The van der Waals surface area contributed by atoms with Crippen LogP contribution in [0.5, 0.6) is 5.75 Å². The van der Waals surface area contributed by atoms with Gasteiger partial charge in [0.2, 0.25) is 11.8 Å². The number of carbonyl (C=O) groups excluding carboxylic acids is 2. The highest BCUT2D eigenvalue weighted by Gasteiger charge is 2.21. The van der Waals surface area contributed by atoms with Gasteiger partial charge in [0, 0.05) is 37.6 Å². The third-order valence-corrected chi connectivity index (χ3v) is 4.32. The Kier molecular flexibility index (Phi) is 7.15. The number of primary amides is 1. The number of halogens is 2. The predicted octanol–water partition coefficient (Wildman–Crippen LogP) is 1.78. The van der Waals surface area contributed by atoms with Crippen LogP contribution < -0.4 is 10.5 Å². The van der Waals surface area contributed by atoms with E-state index in [2.05, 4.69) is 0 Å². The van der Waals surface area contributed by atoms with Crippen LogP contribution in [0.4, 0.5) is 0 Å². The van der Waals surface area contributed by atoms with Crippen molar-refractivity contribution in [3.8, 4) is 5.75 Å². The van der Waals surface area contributed by atoms with Gasteiger partial charge in [0.1, 0.15) is 5.75 Å². The van der Waals surface area contributed by atoms with Crippen LogP contribution >= 0.6 is 23.2 Å². The van der Waals surface area contributed by atoms with Crippen LogP contribution in [0, 0.1) is 0 Å². The average Bonchev–Trinajstić information content (AvgIpc) is 2.53. The predicted molar refractivity (Wildman–Crippen MR) is 93.4 cm³/mol. The van der Waals surface area contributed by atoms with Gasteiger partial charge in [0.15, 0.2) is 0 Å². The van der Waals surface area contributed by atoms with Gasteiger partial charge in [-0.2, -0.15) is 0 Å². The molecular formula is C16H21Cl2N3O3. The van der Waals surface area contributed by atoms with E-state index < -0.39 is 0 Å². The molecule has 1 saturated heterocycles. The molecule has 1 aliphatic rings. The van der Waals surface area contributed by atoms with Gasteiger partial charge in [-0.15, -0.1) is 0 Å². The Hall–Kier alpha value is -1.50. The molecule has 0 spiro atoms. The third kappa shape index (κ3) is 5.85. The van der Waals surface area contributed by atoms with E-state index in [0.717, 1.165) is 0 Å². The van der Waals surface area contributed by atoms with Crippen molar-refractivity contribution in [3.63, 3.8) is 0 Å². The zero-order valence-corrected chi connectivity index (χ0v) is 14.9. The maximum atomic E-state index is 12.2. The number of nitrogens with two attached hydrogens (primary N) is 1. The number of ether oxygens (including phenoxy) is 1. The molecule has 0 bridgehead atoms. The van der Waals surface area contributed by atoms with E-state index in [4.69, 9.17) is 33.7 Å². The number of amides is 2. The summed E-state index contributed by atoms with van der Waals surface area (Å²) in [4.78, 5) is 26.8. The lowest BCUT2D eigenvalue weighted by Crippen LogP contribution is -2.50. The van der Waals surface area contributed by atoms with Crippen molar-refractivity contribution in [3.05, 3.63) is 28.2 Å². The summed E-state index contributed by atoms with van der Waals surface area (Å²) in [5.74, 6) is 0.320. The molecule has 2 amide bonds. The molecule has 0 aliphatic carbocycles. The third-order valence-electron chi connectivity index (χ3n) is 3.79. The molecule has 1 aromatic carbocycles. The smallest absolute Gasteiger partial charge is 0.231 e. The second kappa shape index (κ2) is 9.11. The van der Waals surface area contributed by atoms with Gasteiger partial charge >= 0.3 is 0 Å². The van der Waals surface area contributed by atoms with Gasteiger partial charge in [-0.3, -0.25) is 14.5 Å². The normalized spacial score (nSPS) is 15.3. The maximum Gasteiger partial charge on any atom is 0.231 e. The Bertz CT molecular complexity index is 590. The summed E-state index contributed by atoms with van der Waals surface area (Å²) in [7, 11) is 0. The van der Waals surface area contributed by atoms with E-state index >= 15 is 0 Å². The average molecular weight is 374 g/mol. The summed E-state index contributed by atoms with van der Waals surface area (Å²) in [6.07, 6.45) is 1.03. The minimum Gasteiger partial charge on any atom is -0.492 e. The molecule has 0 atom stereocenters. The molecule has 1 heterocycles. The summed E-state index contributed by atoms with van der Waals surface area (Å²) in [5, 5.41) is 1.01. The van der Waals surface area contributed by atoms with Crippen molar-refractivity contribution in [1.82, 2.24) is 9.80 Å². The van der Waals surface area contributed by atoms with Gasteiger partial charge < -0.3 is 15.4 Å². The number of hydrogen-bond acceptors (Lipinski definition) is 4. The van der Waals surface area contributed by atoms with Gasteiger partial charge in [-0.25, -0.2) is 0 Å². The number of piperazine rings is 1. The van der Waals surface area contributed by atoms with Gasteiger partial charge in [-0.05, 0) is 24.6 Å². The summed E-state index contributed by atoms with van der Waals surface area (Å²) in [6.45, 7) is 3.25. The van der Waals surface area contributed by atoms with Crippen molar-refractivity contribution in [1.29, 1.82) is 0 Å². The fraction of sp³-hybridized carbons (Fsp3) is 0.500. The van der Waals surface area contributed by atoms with Crippen LogP contribution in [-0.4, -0.2) is 60.9 Å². The van der Waals surface area contributed by atoms with Gasteiger partial charge in [0.25, 0.3) is 0 Å². The van der Waals surface area contributed by atoms with Crippen molar-refractivity contribution in [2.45, 2.75) is 12.8 Å². The van der Waals surface area contributed by atoms with Crippen LogP contribution in [0.3, 0.4) is 0 Å². The molecular weight excluding hydrogens is 353 g/mol. The molecule has 1 aliphatic heterocycles. The summed E-state index contributed by atoms with van der Waals surface area (Å²) in [6, 6.07) is 5.04. The van der Waals surface area contributed by atoms with Crippen molar-refractivity contribution >= 4 is 35.0 Å². The standard InChI is InChI=1S/C16H21Cl2N3O3/c17-12-3-4-14(13(18)10-12)24-9-1-2-16(23)21-7-5-20(6-8-21)11-15(19)22/h3-4,10H,1-2,5-9,11H2,(H2,19,22). The van der Waals surface area contributed by atoms with E-state index in [1.54, 1.807) is 18.2 Å². The zero-order valence-electron chi connectivity index (χ0n) is 13.3. The van der Waals surface area contributed by atoms with Crippen LogP contribution in [0.25, 0.3) is 0 Å². The molecule has 0 radical (unpaired) electrons. The SMILES string of the molecule is NC(=O)CN1CCN(C(=O)CCCOc2ccc(Cl)cc2Cl)CC1. The second-order valence-corrected chi connectivity index (χ2v) is 6.49. The molecule has 0 aromatic heterocycles. The Morgan fingerprint density at radius 2 is 1.88 bits per heavy atom. The maximum absolute atomic E-state index is 12.2. The molecule has 0 saturated carbocycles. The summed E-state index contributed by atoms with van der Waals surface area (Å²) in [5.41, 5.74) is 5.17. The lowest BCUT2D eigenvalue weighted by atomic mass is 10.2. The van der Waals surface area contributed by atoms with Crippen LogP contribution in [0.15, 0.2) is 18.2 Å². The number of nitrogens with zero attached hydrogens (tertiary/aromatic N) is 2. The quantitative estimate of drug-likeness (QED) is 0.739. The van der Waals surface area contributed by atoms with Crippen LogP contribution in [0.2, 0.25) is 10.0 Å². The molecule has 2 rings (SSSR count). The molecule has 24 heavy (non-hydrogen) atoms. The molecule has 8 heteroatoms.